The number of phenolic OH excluding ortho intramolecular Hbond substituents is 2. The zero-order valence-electron chi connectivity index (χ0n) is 16.0. The molecule has 0 aliphatic carbocycles. The summed E-state index contributed by atoms with van der Waals surface area (Å²) >= 11 is 0. The number of aromatic hydroxyl groups is 2. The molecule has 29 heavy (non-hydrogen) atoms. The van der Waals surface area contributed by atoms with Gasteiger partial charge in [0.2, 0.25) is 0 Å². The third-order valence-electron chi connectivity index (χ3n) is 4.97. The Morgan fingerprint density at radius 2 is 1.69 bits per heavy atom. The van der Waals surface area contributed by atoms with Crippen LogP contribution in [0, 0.1) is 37.9 Å². The molecule has 2 heterocycles. The smallest absolute Gasteiger partial charge is 0.182 e. The monoisotopic (exact) mass is 388 g/mol. The Labute approximate surface area is 165 Å². The maximum absolute atomic E-state index is 14.6. The van der Waals surface area contributed by atoms with Gasteiger partial charge >= 0.3 is 0 Å². The minimum atomic E-state index is -0.689. The van der Waals surface area contributed by atoms with Gasteiger partial charge in [-0.3, -0.25) is 5.10 Å². The largest absolute Gasteiger partial charge is 0.508 e. The molecular weight excluding hydrogens is 371 g/mol. The van der Waals surface area contributed by atoms with Crippen molar-refractivity contribution in [3.8, 4) is 40.0 Å². The SMILES string of the molecule is Cc1cc(O)cc(C)c1-c1c(C#N)c(-c2ccc(O)cc2F)nc2n[nH]c(C)c12. The van der Waals surface area contributed by atoms with E-state index in [0.29, 0.717) is 16.6 Å². The fourth-order valence-electron chi connectivity index (χ4n) is 3.79. The van der Waals surface area contributed by atoms with Crippen molar-refractivity contribution in [2.75, 3.05) is 0 Å². The molecule has 6 nitrogen and oxygen atoms in total. The van der Waals surface area contributed by atoms with Crippen molar-refractivity contribution in [3.05, 3.63) is 58.5 Å². The number of fused-ring (bicyclic) bond motifs is 1. The minimum absolute atomic E-state index is 0.0947. The molecule has 2 aromatic heterocycles. The van der Waals surface area contributed by atoms with Gasteiger partial charge in [-0.15, -0.1) is 0 Å². The molecule has 3 N–H and O–H groups in total. The molecule has 0 unspecified atom stereocenters. The van der Waals surface area contributed by atoms with Gasteiger partial charge in [-0.25, -0.2) is 9.37 Å². The quantitative estimate of drug-likeness (QED) is 0.464. The highest BCUT2D eigenvalue weighted by Gasteiger charge is 2.24. The number of aryl methyl sites for hydroxylation is 3. The Kier molecular flexibility index (Phi) is 4.20. The van der Waals surface area contributed by atoms with Crippen molar-refractivity contribution >= 4 is 11.0 Å². The van der Waals surface area contributed by atoms with E-state index in [1.165, 1.54) is 12.1 Å². The highest BCUT2D eigenvalue weighted by molar-refractivity contribution is 6.02. The third kappa shape index (κ3) is 2.86. The average Bonchev–Trinajstić information content (AvgIpc) is 3.01. The molecule has 0 aliphatic heterocycles. The van der Waals surface area contributed by atoms with Crippen LogP contribution in [0.25, 0.3) is 33.4 Å². The number of aromatic amines is 1. The van der Waals surface area contributed by atoms with Crippen molar-refractivity contribution in [1.82, 2.24) is 15.2 Å². The molecule has 7 heteroatoms. The number of nitrogens with one attached hydrogen (secondary N) is 1. The lowest BCUT2D eigenvalue weighted by Crippen LogP contribution is -2.00. The van der Waals surface area contributed by atoms with E-state index in [4.69, 9.17) is 0 Å². The van der Waals surface area contributed by atoms with Gasteiger partial charge in [0.15, 0.2) is 5.65 Å². The van der Waals surface area contributed by atoms with Gasteiger partial charge in [0.25, 0.3) is 0 Å². The van der Waals surface area contributed by atoms with Crippen molar-refractivity contribution in [3.63, 3.8) is 0 Å². The topological polar surface area (TPSA) is 106 Å². The summed E-state index contributed by atoms with van der Waals surface area (Å²) in [6, 6.07) is 9.13. The van der Waals surface area contributed by atoms with E-state index in [2.05, 4.69) is 21.3 Å². The summed E-state index contributed by atoms with van der Waals surface area (Å²) in [6.45, 7) is 5.50. The number of hydrogen-bond donors (Lipinski definition) is 3. The van der Waals surface area contributed by atoms with Crippen molar-refractivity contribution < 1.29 is 14.6 Å². The number of benzene rings is 2. The standard InChI is InChI=1S/C22H17FN4O2/c1-10-6-14(29)7-11(2)18(10)20-16(9-24)21(15-5-4-13(28)8-17(15)23)25-22-19(20)12(3)26-27-22/h4-8,28-29H,1-3H3,(H,25,26,27). The van der Waals surface area contributed by atoms with Gasteiger partial charge < -0.3 is 10.2 Å². The number of halogens is 1. The Morgan fingerprint density at radius 3 is 2.31 bits per heavy atom. The lowest BCUT2D eigenvalue weighted by atomic mass is 9.88. The molecule has 2 aromatic carbocycles. The number of phenols is 2. The number of H-pyrrole nitrogens is 1. The number of aromatic nitrogens is 3. The van der Waals surface area contributed by atoms with Crippen LogP contribution in [0.3, 0.4) is 0 Å². The number of pyridine rings is 1. The molecule has 0 aliphatic rings. The second-order valence-corrected chi connectivity index (χ2v) is 6.99. The number of rotatable bonds is 2. The first-order valence-electron chi connectivity index (χ1n) is 8.90. The number of hydrogen-bond acceptors (Lipinski definition) is 5. The zero-order valence-corrected chi connectivity index (χ0v) is 16.0. The molecule has 0 saturated heterocycles. The molecule has 0 radical (unpaired) electrons. The van der Waals surface area contributed by atoms with E-state index in [1.807, 2.05) is 20.8 Å². The van der Waals surface area contributed by atoms with Gasteiger partial charge in [-0.05, 0) is 61.7 Å². The highest BCUT2D eigenvalue weighted by atomic mass is 19.1. The second kappa shape index (κ2) is 6.60. The van der Waals surface area contributed by atoms with Crippen LogP contribution in [-0.4, -0.2) is 25.4 Å². The summed E-state index contributed by atoms with van der Waals surface area (Å²) in [7, 11) is 0. The van der Waals surface area contributed by atoms with E-state index in [0.717, 1.165) is 28.5 Å². The summed E-state index contributed by atoms with van der Waals surface area (Å²) in [5.74, 6) is -0.779. The van der Waals surface area contributed by atoms with Crippen LogP contribution in [0.15, 0.2) is 30.3 Å². The first kappa shape index (κ1) is 18.4. The lowest BCUT2D eigenvalue weighted by molar-refractivity contribution is 0.469. The Balaban J connectivity index is 2.20. The molecule has 0 fully saturated rings. The predicted molar refractivity (Wildman–Crippen MR) is 107 cm³/mol. The summed E-state index contributed by atoms with van der Waals surface area (Å²) in [4.78, 5) is 4.45. The highest BCUT2D eigenvalue weighted by Crippen LogP contribution is 2.41. The second-order valence-electron chi connectivity index (χ2n) is 6.99. The molecular formula is C22H17FN4O2. The third-order valence-corrected chi connectivity index (χ3v) is 4.97. The van der Waals surface area contributed by atoms with E-state index in [9.17, 15) is 19.9 Å². The van der Waals surface area contributed by atoms with E-state index in [1.54, 1.807) is 12.1 Å². The minimum Gasteiger partial charge on any atom is -0.508 e. The van der Waals surface area contributed by atoms with Crippen LogP contribution in [0.1, 0.15) is 22.4 Å². The molecule has 0 saturated carbocycles. The predicted octanol–water partition coefficient (Wildman–Crippen LogP) is 4.64. The molecule has 4 rings (SSSR count). The van der Waals surface area contributed by atoms with Crippen molar-refractivity contribution in [2.45, 2.75) is 20.8 Å². The number of nitriles is 1. The first-order chi connectivity index (χ1) is 13.8. The summed E-state index contributed by atoms with van der Waals surface area (Å²) in [6.07, 6.45) is 0. The summed E-state index contributed by atoms with van der Waals surface area (Å²) in [5, 5.41) is 37.3. The van der Waals surface area contributed by atoms with Gasteiger partial charge in [0.05, 0.1) is 16.6 Å². The van der Waals surface area contributed by atoms with Gasteiger partial charge in [-0.1, -0.05) is 0 Å². The maximum atomic E-state index is 14.6. The van der Waals surface area contributed by atoms with Gasteiger partial charge in [0.1, 0.15) is 23.4 Å². The zero-order chi connectivity index (χ0) is 20.9. The van der Waals surface area contributed by atoms with Gasteiger partial charge in [-0.2, -0.15) is 10.4 Å². The lowest BCUT2D eigenvalue weighted by Gasteiger charge is -2.16. The fourth-order valence-corrected chi connectivity index (χ4v) is 3.79. The summed E-state index contributed by atoms with van der Waals surface area (Å²) in [5.41, 5.74) is 4.40. The van der Waals surface area contributed by atoms with Crippen molar-refractivity contribution in [1.29, 1.82) is 5.26 Å². The molecule has 0 spiro atoms. The molecule has 0 bridgehead atoms. The van der Waals surface area contributed by atoms with Crippen LogP contribution in [0.5, 0.6) is 11.5 Å². The molecule has 0 atom stereocenters. The number of nitrogens with zero attached hydrogens (tertiary/aromatic N) is 3. The van der Waals surface area contributed by atoms with Crippen LogP contribution in [0.4, 0.5) is 4.39 Å². The summed E-state index contributed by atoms with van der Waals surface area (Å²) < 4.78 is 14.6. The average molecular weight is 388 g/mol. The Morgan fingerprint density at radius 1 is 1.00 bits per heavy atom. The fraction of sp³-hybridized carbons (Fsp3) is 0.136. The van der Waals surface area contributed by atoms with Crippen molar-refractivity contribution in [2.24, 2.45) is 0 Å². The first-order valence-corrected chi connectivity index (χ1v) is 8.90. The molecule has 144 valence electrons. The van der Waals surface area contributed by atoms with Gasteiger partial charge in [0, 0.05) is 22.9 Å². The molecule has 4 aromatic rings. The van der Waals surface area contributed by atoms with E-state index >= 15 is 0 Å². The van der Waals surface area contributed by atoms with Crippen LogP contribution >= 0.6 is 0 Å². The van der Waals surface area contributed by atoms with Crippen LogP contribution in [0.2, 0.25) is 0 Å². The maximum Gasteiger partial charge on any atom is 0.182 e. The van der Waals surface area contributed by atoms with Crippen LogP contribution < -0.4 is 0 Å². The Bertz CT molecular complexity index is 1310. The van der Waals surface area contributed by atoms with Crippen LogP contribution in [-0.2, 0) is 0 Å². The normalized spacial score (nSPS) is 11.0. The van der Waals surface area contributed by atoms with E-state index < -0.39 is 5.82 Å². The van der Waals surface area contributed by atoms with E-state index in [-0.39, 0.29) is 28.3 Å². The Hall–Kier alpha value is -3.92. The molecule has 0 amide bonds.